The van der Waals surface area contributed by atoms with Crippen molar-refractivity contribution in [2.24, 2.45) is 5.92 Å². The van der Waals surface area contributed by atoms with E-state index in [1.165, 1.54) is 24.0 Å². The van der Waals surface area contributed by atoms with Crippen LogP contribution in [-0.2, 0) is 4.74 Å². The second-order valence-corrected chi connectivity index (χ2v) is 5.59. The number of benzene rings is 1. The predicted octanol–water partition coefficient (Wildman–Crippen LogP) is 3.87. The molecule has 0 radical (unpaired) electrons. The highest BCUT2D eigenvalue weighted by molar-refractivity contribution is 9.09. The lowest BCUT2D eigenvalue weighted by molar-refractivity contribution is 0.0545. The summed E-state index contributed by atoms with van der Waals surface area (Å²) in [4.78, 5) is 0.383. The van der Waals surface area contributed by atoms with E-state index in [0.717, 1.165) is 19.0 Å². The molecule has 1 heterocycles. The van der Waals surface area contributed by atoms with Gasteiger partial charge in [-0.05, 0) is 48.9 Å². The van der Waals surface area contributed by atoms with E-state index in [0.29, 0.717) is 10.7 Å². The molecule has 1 aromatic carbocycles. The van der Waals surface area contributed by atoms with E-state index in [-0.39, 0.29) is 0 Å². The number of ether oxygens (including phenoxy) is 2. The Kier molecular flexibility index (Phi) is 4.46. The van der Waals surface area contributed by atoms with Crippen molar-refractivity contribution < 1.29 is 9.47 Å². The maximum atomic E-state index is 5.55. The van der Waals surface area contributed by atoms with Gasteiger partial charge in [0.25, 0.3) is 0 Å². The van der Waals surface area contributed by atoms with E-state index in [9.17, 15) is 0 Å². The molecule has 1 fully saturated rings. The van der Waals surface area contributed by atoms with Crippen LogP contribution in [0.3, 0.4) is 0 Å². The number of hydrogen-bond donors (Lipinski definition) is 0. The molecular formula is C14H19BrO2. The van der Waals surface area contributed by atoms with Gasteiger partial charge in [0, 0.05) is 11.4 Å². The summed E-state index contributed by atoms with van der Waals surface area (Å²) in [6.45, 7) is 3.91. The van der Waals surface area contributed by atoms with Gasteiger partial charge < -0.3 is 9.47 Å². The first kappa shape index (κ1) is 12.9. The molecule has 0 aliphatic carbocycles. The fourth-order valence-electron chi connectivity index (χ4n) is 2.33. The molecule has 2 atom stereocenters. The van der Waals surface area contributed by atoms with Crippen LogP contribution in [0.4, 0.5) is 0 Å². The molecule has 0 bridgehead atoms. The number of halogens is 1. The molecule has 2 nitrogen and oxygen atoms in total. The second-order valence-electron chi connectivity index (χ2n) is 4.60. The summed E-state index contributed by atoms with van der Waals surface area (Å²) in [6.07, 6.45) is 2.41. The van der Waals surface area contributed by atoms with E-state index >= 15 is 0 Å². The van der Waals surface area contributed by atoms with Gasteiger partial charge in [0.2, 0.25) is 0 Å². The van der Waals surface area contributed by atoms with Crippen molar-refractivity contribution in [2.75, 3.05) is 20.3 Å². The fourth-order valence-corrected chi connectivity index (χ4v) is 3.27. The van der Waals surface area contributed by atoms with Gasteiger partial charge in [-0.25, -0.2) is 0 Å². The third-order valence-corrected chi connectivity index (χ3v) is 4.62. The molecule has 94 valence electrons. The maximum absolute atomic E-state index is 5.55. The summed E-state index contributed by atoms with van der Waals surface area (Å²) in [6, 6.07) is 6.27. The van der Waals surface area contributed by atoms with Crippen LogP contribution in [0.5, 0.6) is 5.75 Å². The van der Waals surface area contributed by atoms with Gasteiger partial charge in [0.05, 0.1) is 13.7 Å². The van der Waals surface area contributed by atoms with Crippen molar-refractivity contribution in [3.8, 4) is 5.75 Å². The minimum atomic E-state index is 0.383. The Morgan fingerprint density at radius 2 is 2.29 bits per heavy atom. The molecule has 0 saturated carbocycles. The number of aryl methyl sites for hydroxylation is 1. The van der Waals surface area contributed by atoms with Crippen LogP contribution < -0.4 is 4.74 Å². The van der Waals surface area contributed by atoms with E-state index in [2.05, 4.69) is 35.0 Å². The van der Waals surface area contributed by atoms with Crippen molar-refractivity contribution in [2.45, 2.75) is 24.6 Å². The molecule has 1 aromatic rings. The summed E-state index contributed by atoms with van der Waals surface area (Å²) in [5, 5.41) is 0. The van der Waals surface area contributed by atoms with Crippen LogP contribution in [0.15, 0.2) is 18.2 Å². The summed E-state index contributed by atoms with van der Waals surface area (Å²) in [5.41, 5.74) is 2.62. The van der Waals surface area contributed by atoms with Crippen molar-refractivity contribution in [1.82, 2.24) is 0 Å². The summed E-state index contributed by atoms with van der Waals surface area (Å²) >= 11 is 3.82. The van der Waals surface area contributed by atoms with Gasteiger partial charge in [-0.1, -0.05) is 22.0 Å². The van der Waals surface area contributed by atoms with Crippen molar-refractivity contribution in [3.05, 3.63) is 29.3 Å². The van der Waals surface area contributed by atoms with Gasteiger partial charge >= 0.3 is 0 Å². The topological polar surface area (TPSA) is 18.5 Å². The highest BCUT2D eigenvalue weighted by Gasteiger charge is 2.24. The van der Waals surface area contributed by atoms with Crippen LogP contribution in [0.25, 0.3) is 0 Å². The molecule has 0 N–H and O–H groups in total. The van der Waals surface area contributed by atoms with Gasteiger partial charge in [0.1, 0.15) is 5.75 Å². The third-order valence-electron chi connectivity index (χ3n) is 3.38. The van der Waals surface area contributed by atoms with Crippen molar-refractivity contribution >= 4 is 15.9 Å². The monoisotopic (exact) mass is 298 g/mol. The lowest BCUT2D eigenvalue weighted by Gasteiger charge is -2.27. The van der Waals surface area contributed by atoms with E-state index in [4.69, 9.17) is 9.47 Å². The molecule has 2 rings (SSSR count). The van der Waals surface area contributed by atoms with Crippen LogP contribution in [0.1, 0.15) is 28.8 Å². The molecule has 1 aliphatic rings. The van der Waals surface area contributed by atoms with Crippen LogP contribution in [0, 0.1) is 12.8 Å². The quantitative estimate of drug-likeness (QED) is 0.789. The van der Waals surface area contributed by atoms with Crippen LogP contribution in [0.2, 0.25) is 0 Å². The highest BCUT2D eigenvalue weighted by atomic mass is 79.9. The van der Waals surface area contributed by atoms with E-state index in [1.807, 2.05) is 6.07 Å². The Bertz CT molecular complexity index is 372. The molecule has 17 heavy (non-hydrogen) atoms. The molecular weight excluding hydrogens is 280 g/mol. The standard InChI is InChI=1S/C14H19BrO2/c1-10-8-12(16-2)5-6-13(10)14(15)11-4-3-7-17-9-11/h5-6,8,11,14H,3-4,7,9H2,1-2H3. The summed E-state index contributed by atoms with van der Waals surface area (Å²) < 4.78 is 10.8. The second kappa shape index (κ2) is 5.87. The predicted molar refractivity (Wildman–Crippen MR) is 72.9 cm³/mol. The third kappa shape index (κ3) is 3.02. The van der Waals surface area contributed by atoms with E-state index < -0.39 is 0 Å². The van der Waals surface area contributed by atoms with Gasteiger partial charge in [-0.3, -0.25) is 0 Å². The highest BCUT2D eigenvalue weighted by Crippen LogP contribution is 2.38. The average Bonchev–Trinajstić information content (AvgIpc) is 2.39. The zero-order valence-electron chi connectivity index (χ0n) is 10.4. The molecule has 0 aromatic heterocycles. The fraction of sp³-hybridized carbons (Fsp3) is 0.571. The lowest BCUT2D eigenvalue weighted by Crippen LogP contribution is -2.21. The SMILES string of the molecule is COc1ccc(C(Br)C2CCCOC2)c(C)c1. The minimum absolute atomic E-state index is 0.383. The molecule has 1 aliphatic heterocycles. The molecule has 2 unspecified atom stereocenters. The Labute approximate surface area is 111 Å². The zero-order chi connectivity index (χ0) is 12.3. The Morgan fingerprint density at radius 1 is 1.47 bits per heavy atom. The Hall–Kier alpha value is -0.540. The summed E-state index contributed by atoms with van der Waals surface area (Å²) in [7, 11) is 1.70. The number of alkyl halides is 1. The Morgan fingerprint density at radius 3 is 2.88 bits per heavy atom. The molecule has 0 spiro atoms. The van der Waals surface area contributed by atoms with Gasteiger partial charge in [-0.2, -0.15) is 0 Å². The maximum Gasteiger partial charge on any atom is 0.119 e. The first-order valence-corrected chi connectivity index (χ1v) is 7.00. The van der Waals surface area contributed by atoms with Gasteiger partial charge in [0.15, 0.2) is 0 Å². The minimum Gasteiger partial charge on any atom is -0.497 e. The molecule has 1 saturated heterocycles. The van der Waals surface area contributed by atoms with Crippen LogP contribution in [-0.4, -0.2) is 20.3 Å². The van der Waals surface area contributed by atoms with Gasteiger partial charge in [-0.15, -0.1) is 0 Å². The smallest absolute Gasteiger partial charge is 0.119 e. The zero-order valence-corrected chi connectivity index (χ0v) is 12.0. The van der Waals surface area contributed by atoms with Crippen LogP contribution >= 0.6 is 15.9 Å². The Balaban J connectivity index is 2.15. The van der Waals surface area contributed by atoms with Crippen molar-refractivity contribution in [1.29, 1.82) is 0 Å². The number of hydrogen-bond acceptors (Lipinski definition) is 2. The average molecular weight is 299 g/mol. The number of rotatable bonds is 3. The normalized spacial score (nSPS) is 22.2. The number of methoxy groups -OCH3 is 1. The van der Waals surface area contributed by atoms with E-state index in [1.54, 1.807) is 7.11 Å². The largest absolute Gasteiger partial charge is 0.497 e. The molecule has 0 amide bonds. The first-order valence-electron chi connectivity index (χ1n) is 6.08. The molecule has 3 heteroatoms. The first-order chi connectivity index (χ1) is 8.22. The summed E-state index contributed by atoms with van der Waals surface area (Å²) in [5.74, 6) is 1.50. The lowest BCUT2D eigenvalue weighted by atomic mass is 9.92. The van der Waals surface area contributed by atoms with Crippen molar-refractivity contribution in [3.63, 3.8) is 0 Å².